The van der Waals surface area contributed by atoms with Crippen LogP contribution in [-0.4, -0.2) is 11.0 Å². The number of carbonyl (C=O) groups excluding carboxylic acids is 1. The minimum Gasteiger partial charge on any atom is -0.421 e. The summed E-state index contributed by atoms with van der Waals surface area (Å²) in [5.74, 6) is -2.23. The molecule has 1 fully saturated rings. The maximum absolute atomic E-state index is 13.4. The van der Waals surface area contributed by atoms with E-state index in [1.165, 1.54) is 25.7 Å². The Bertz CT molecular complexity index is 499. The highest BCUT2D eigenvalue weighted by Crippen LogP contribution is 2.33. The lowest BCUT2D eigenvalue weighted by Gasteiger charge is -2.27. The Morgan fingerprint density at radius 2 is 1.95 bits per heavy atom. The number of hydrogen-bond donors (Lipinski definition) is 0. The highest BCUT2D eigenvalue weighted by atomic mass is 19.1. The molecule has 122 valence electrons. The second-order valence-electron chi connectivity index (χ2n) is 6.06. The van der Waals surface area contributed by atoms with Crippen LogP contribution in [0.5, 0.6) is 5.75 Å². The Kier molecular flexibility index (Phi) is 6.28. The third-order valence-electron chi connectivity index (χ3n) is 4.39. The zero-order chi connectivity index (χ0) is 15.9. The summed E-state index contributed by atoms with van der Waals surface area (Å²) in [7, 11) is 0. The van der Waals surface area contributed by atoms with Gasteiger partial charge in [0.05, 0.1) is 5.92 Å². The van der Waals surface area contributed by atoms with E-state index in [0.717, 1.165) is 37.8 Å². The number of hydrogen-bond acceptors (Lipinski definition) is 3. The highest BCUT2D eigenvalue weighted by Gasteiger charge is 2.28. The van der Waals surface area contributed by atoms with E-state index in [9.17, 15) is 13.6 Å². The van der Waals surface area contributed by atoms with Gasteiger partial charge in [-0.3, -0.25) is 4.79 Å². The molecular weight excluding hydrogens is 288 g/mol. The normalized spacial score (nSPS) is 21.6. The molecule has 3 nitrogen and oxygen atoms in total. The van der Waals surface area contributed by atoms with Crippen LogP contribution in [0.3, 0.4) is 0 Å². The van der Waals surface area contributed by atoms with Crippen LogP contribution in [0.1, 0.15) is 58.3 Å². The zero-order valence-electron chi connectivity index (χ0n) is 13.0. The molecule has 1 saturated carbocycles. The number of halogens is 2. The van der Waals surface area contributed by atoms with Gasteiger partial charge in [-0.25, -0.2) is 0 Å². The summed E-state index contributed by atoms with van der Waals surface area (Å²) < 4.78 is 31.1. The van der Waals surface area contributed by atoms with E-state index in [0.29, 0.717) is 5.92 Å². The molecule has 0 unspecified atom stereocenters. The Labute approximate surface area is 130 Å². The second-order valence-corrected chi connectivity index (χ2v) is 6.06. The molecule has 22 heavy (non-hydrogen) atoms. The lowest BCUT2D eigenvalue weighted by atomic mass is 9.80. The Balaban J connectivity index is 1.80. The fourth-order valence-corrected chi connectivity index (χ4v) is 3.04. The molecule has 0 aliphatic heterocycles. The van der Waals surface area contributed by atoms with Gasteiger partial charge >= 0.3 is 5.97 Å². The van der Waals surface area contributed by atoms with Crippen LogP contribution in [0.2, 0.25) is 0 Å². The average Bonchev–Trinajstić information content (AvgIpc) is 2.51. The predicted molar refractivity (Wildman–Crippen MR) is 79.4 cm³/mol. The Hall–Kier alpha value is -1.52. The largest absolute Gasteiger partial charge is 0.421 e. The van der Waals surface area contributed by atoms with E-state index >= 15 is 0 Å². The van der Waals surface area contributed by atoms with Crippen LogP contribution in [0.4, 0.5) is 8.78 Å². The molecule has 0 aromatic carbocycles. The third-order valence-corrected chi connectivity index (χ3v) is 4.39. The number of carbonyl (C=O) groups is 1. The van der Waals surface area contributed by atoms with Crippen molar-refractivity contribution in [1.82, 2.24) is 4.98 Å². The fourth-order valence-electron chi connectivity index (χ4n) is 3.04. The molecule has 1 aliphatic rings. The quantitative estimate of drug-likeness (QED) is 0.436. The number of aromatic nitrogens is 1. The van der Waals surface area contributed by atoms with Crippen LogP contribution >= 0.6 is 0 Å². The highest BCUT2D eigenvalue weighted by molar-refractivity contribution is 5.75. The van der Waals surface area contributed by atoms with Gasteiger partial charge in [-0.15, -0.1) is 0 Å². The first kappa shape index (κ1) is 16.8. The SMILES string of the molecule is CCCCCC1CCC(C(=O)Oc2ccc(F)nc2F)CC1. The van der Waals surface area contributed by atoms with Crippen molar-refractivity contribution in [3.63, 3.8) is 0 Å². The first-order valence-electron chi connectivity index (χ1n) is 8.14. The monoisotopic (exact) mass is 311 g/mol. The minimum atomic E-state index is -1.08. The van der Waals surface area contributed by atoms with Crippen LogP contribution in [0.25, 0.3) is 0 Å². The standard InChI is InChI=1S/C17H23F2NO2/c1-2-3-4-5-12-6-8-13(9-7-12)17(21)22-14-10-11-15(18)20-16(14)19/h10-13H,2-9H2,1H3. The van der Waals surface area contributed by atoms with E-state index in [1.54, 1.807) is 0 Å². The molecular formula is C17H23F2NO2. The number of unbranched alkanes of at least 4 members (excludes halogenated alkanes) is 2. The van der Waals surface area contributed by atoms with Crippen molar-refractivity contribution in [1.29, 1.82) is 0 Å². The molecule has 0 spiro atoms. The Morgan fingerprint density at radius 1 is 1.23 bits per heavy atom. The summed E-state index contributed by atoms with van der Waals surface area (Å²) in [6.07, 6.45) is 8.58. The van der Waals surface area contributed by atoms with Crippen molar-refractivity contribution in [3.8, 4) is 5.75 Å². The fraction of sp³-hybridized carbons (Fsp3) is 0.647. The summed E-state index contributed by atoms with van der Waals surface area (Å²) in [5.41, 5.74) is 0. The predicted octanol–water partition coefficient (Wildman–Crippen LogP) is 4.65. The molecule has 2 rings (SSSR count). The maximum atomic E-state index is 13.4. The smallest absolute Gasteiger partial charge is 0.314 e. The molecule has 1 heterocycles. The molecule has 1 aromatic heterocycles. The van der Waals surface area contributed by atoms with Crippen LogP contribution in [0.15, 0.2) is 12.1 Å². The molecule has 0 amide bonds. The number of esters is 1. The van der Waals surface area contributed by atoms with Gasteiger partial charge in [0.1, 0.15) is 0 Å². The topological polar surface area (TPSA) is 39.2 Å². The van der Waals surface area contributed by atoms with Crippen LogP contribution in [-0.2, 0) is 4.79 Å². The molecule has 0 N–H and O–H groups in total. The molecule has 0 atom stereocenters. The average molecular weight is 311 g/mol. The van der Waals surface area contributed by atoms with Gasteiger partial charge in [-0.1, -0.05) is 32.6 Å². The van der Waals surface area contributed by atoms with Gasteiger partial charge in [0.25, 0.3) is 5.95 Å². The number of nitrogens with zero attached hydrogens (tertiary/aromatic N) is 1. The van der Waals surface area contributed by atoms with Crippen LogP contribution in [0, 0.1) is 23.7 Å². The van der Waals surface area contributed by atoms with E-state index in [4.69, 9.17) is 4.74 Å². The second kappa shape index (κ2) is 8.20. The molecule has 1 aromatic rings. The summed E-state index contributed by atoms with van der Waals surface area (Å²) in [4.78, 5) is 15.1. The molecule has 0 radical (unpaired) electrons. The lowest BCUT2D eigenvalue weighted by molar-refractivity contribution is -0.140. The minimum absolute atomic E-state index is 0.188. The van der Waals surface area contributed by atoms with Crippen molar-refractivity contribution >= 4 is 5.97 Å². The summed E-state index contributed by atoms with van der Waals surface area (Å²) in [6, 6.07) is 2.09. The van der Waals surface area contributed by atoms with Gasteiger partial charge in [0.15, 0.2) is 5.75 Å². The first-order valence-corrected chi connectivity index (χ1v) is 8.14. The summed E-state index contributed by atoms with van der Waals surface area (Å²) in [5, 5.41) is 0. The van der Waals surface area contributed by atoms with Crippen molar-refractivity contribution in [2.75, 3.05) is 0 Å². The van der Waals surface area contributed by atoms with Crippen molar-refractivity contribution in [3.05, 3.63) is 24.0 Å². The van der Waals surface area contributed by atoms with Gasteiger partial charge < -0.3 is 4.74 Å². The number of pyridine rings is 1. The number of rotatable bonds is 6. The van der Waals surface area contributed by atoms with Gasteiger partial charge in [0.2, 0.25) is 5.95 Å². The van der Waals surface area contributed by atoms with Gasteiger partial charge in [-0.2, -0.15) is 13.8 Å². The van der Waals surface area contributed by atoms with E-state index in [1.807, 2.05) is 0 Å². The first-order chi connectivity index (χ1) is 10.6. The van der Waals surface area contributed by atoms with Gasteiger partial charge in [-0.05, 0) is 43.7 Å². The summed E-state index contributed by atoms with van der Waals surface area (Å²) >= 11 is 0. The zero-order valence-corrected chi connectivity index (χ0v) is 13.0. The molecule has 1 aliphatic carbocycles. The maximum Gasteiger partial charge on any atom is 0.314 e. The van der Waals surface area contributed by atoms with E-state index < -0.39 is 17.9 Å². The van der Waals surface area contributed by atoms with E-state index in [2.05, 4.69) is 11.9 Å². The molecule has 0 saturated heterocycles. The summed E-state index contributed by atoms with van der Waals surface area (Å²) in [6.45, 7) is 2.19. The molecule has 5 heteroatoms. The van der Waals surface area contributed by atoms with Crippen molar-refractivity contribution in [2.24, 2.45) is 11.8 Å². The van der Waals surface area contributed by atoms with Crippen molar-refractivity contribution < 1.29 is 18.3 Å². The Morgan fingerprint density at radius 3 is 2.59 bits per heavy atom. The van der Waals surface area contributed by atoms with E-state index in [-0.39, 0.29) is 11.7 Å². The lowest BCUT2D eigenvalue weighted by Crippen LogP contribution is -2.26. The van der Waals surface area contributed by atoms with Gasteiger partial charge in [0, 0.05) is 0 Å². The molecule has 0 bridgehead atoms. The van der Waals surface area contributed by atoms with Crippen LogP contribution < -0.4 is 4.74 Å². The number of ether oxygens (including phenoxy) is 1. The van der Waals surface area contributed by atoms with Crippen molar-refractivity contribution in [2.45, 2.75) is 58.3 Å². The third kappa shape index (κ3) is 4.75.